The summed E-state index contributed by atoms with van der Waals surface area (Å²) in [6.45, 7) is 4.88. The number of nitrogens with two attached hydrogens (primary N) is 1. The van der Waals surface area contributed by atoms with E-state index in [9.17, 15) is 0 Å². The molecule has 0 fully saturated rings. The van der Waals surface area contributed by atoms with Crippen LogP contribution in [0, 0.1) is 0 Å². The van der Waals surface area contributed by atoms with Crippen LogP contribution >= 0.6 is 0 Å². The molecule has 0 saturated carbocycles. The van der Waals surface area contributed by atoms with Crippen molar-refractivity contribution in [2.75, 3.05) is 0 Å². The van der Waals surface area contributed by atoms with Crippen LogP contribution in [0.3, 0.4) is 0 Å². The maximum atomic E-state index is 6.61. The third-order valence-corrected chi connectivity index (χ3v) is 11.9. The molecule has 64 heavy (non-hydrogen) atoms. The second-order valence-electron chi connectivity index (χ2n) is 15.9. The van der Waals surface area contributed by atoms with Crippen LogP contribution in [0.15, 0.2) is 223 Å². The molecule has 3 aromatic heterocycles. The van der Waals surface area contributed by atoms with Gasteiger partial charge in [0.25, 0.3) is 0 Å². The highest BCUT2D eigenvalue weighted by atomic mass is 16.3. The van der Waals surface area contributed by atoms with Crippen LogP contribution in [-0.4, -0.2) is 12.6 Å². The number of amidine groups is 1. The van der Waals surface area contributed by atoms with Crippen molar-refractivity contribution >= 4 is 78.4 Å². The zero-order valence-electron chi connectivity index (χ0n) is 34.9. The number of aliphatic imine (C=N–C) groups is 2. The highest BCUT2D eigenvalue weighted by Gasteiger charge is 2.19. The van der Waals surface area contributed by atoms with Gasteiger partial charge < -0.3 is 19.0 Å². The Morgan fingerprint density at radius 3 is 1.70 bits per heavy atom. The minimum absolute atomic E-state index is 0.519. The van der Waals surface area contributed by atoms with Gasteiger partial charge in [-0.2, -0.15) is 0 Å². The molecule has 0 aliphatic carbocycles. The van der Waals surface area contributed by atoms with Gasteiger partial charge in [0.2, 0.25) is 0 Å². The van der Waals surface area contributed by atoms with Crippen molar-refractivity contribution in [3.05, 3.63) is 217 Å². The van der Waals surface area contributed by atoms with E-state index in [4.69, 9.17) is 19.0 Å². The van der Waals surface area contributed by atoms with Crippen LogP contribution in [0.25, 0.3) is 99.2 Å². The molecule has 0 saturated heterocycles. The number of hydrogen-bond acceptors (Lipinski definition) is 5. The summed E-state index contributed by atoms with van der Waals surface area (Å²) in [5.74, 6) is 0.571. The lowest BCUT2D eigenvalue weighted by atomic mass is 9.93. The first-order chi connectivity index (χ1) is 31.6. The zero-order chi connectivity index (χ0) is 43.0. The van der Waals surface area contributed by atoms with E-state index >= 15 is 0 Å². The Kier molecular flexibility index (Phi) is 9.86. The Labute approximate surface area is 369 Å². The summed E-state index contributed by atoms with van der Waals surface area (Å²) < 4.78 is 18.9. The standard InChI is InChI=1S/C38H23NO3.C20H18N2/c1-39-21-24-7-6-12-36-37(24)31-20-25(22-13-15-34-29(17-22)26-8-2-4-10-32(26)40-34)19-28(38(31)42-36)23-14-16-35-30(18-23)27-9-3-5-11-33(27)41-35;21-20(22-15-16-8-3-1-4-9-16)19-13-7-12-18(14-19)17-10-5-2-6-11-17/h2-20H,1,21H2;1-14H,15H2,(H2,21,22). The molecule has 6 nitrogen and oxygen atoms in total. The largest absolute Gasteiger partial charge is 0.456 e. The highest BCUT2D eigenvalue weighted by Crippen LogP contribution is 2.43. The summed E-state index contributed by atoms with van der Waals surface area (Å²) in [6, 6.07) is 68.4. The average molecular weight is 828 g/mol. The van der Waals surface area contributed by atoms with Gasteiger partial charge in [-0.25, -0.2) is 0 Å². The minimum atomic E-state index is 0.519. The van der Waals surface area contributed by atoms with Gasteiger partial charge in [-0.15, -0.1) is 0 Å². The first-order valence-electron chi connectivity index (χ1n) is 21.3. The molecule has 306 valence electrons. The van der Waals surface area contributed by atoms with E-state index in [1.807, 2.05) is 91.0 Å². The average Bonchev–Trinajstić information content (AvgIpc) is 4.05. The minimum Gasteiger partial charge on any atom is -0.456 e. The smallest absolute Gasteiger partial charge is 0.143 e. The Bertz CT molecular complexity index is 3710. The van der Waals surface area contributed by atoms with Crippen molar-refractivity contribution in [1.29, 1.82) is 0 Å². The van der Waals surface area contributed by atoms with Crippen LogP contribution in [0.5, 0.6) is 0 Å². The van der Waals surface area contributed by atoms with E-state index in [1.54, 1.807) is 0 Å². The molecule has 0 radical (unpaired) electrons. The molecule has 0 spiro atoms. The maximum absolute atomic E-state index is 6.61. The number of hydrogen-bond donors (Lipinski definition) is 1. The molecule has 3 heterocycles. The number of benzene rings is 9. The van der Waals surface area contributed by atoms with Crippen LogP contribution < -0.4 is 5.73 Å². The SMILES string of the molecule is C=NCc1cccc2oc3c(-c4ccc5oc6ccccc6c5c4)cc(-c4ccc5oc6ccccc6c5c4)cc3c12.NC(=NCc1ccccc1)c1cccc(-c2ccccc2)c1. The molecular formula is C58H41N3O3. The monoisotopic (exact) mass is 827 g/mol. The molecule has 0 atom stereocenters. The molecule has 9 aromatic carbocycles. The molecule has 2 N–H and O–H groups in total. The van der Waals surface area contributed by atoms with Crippen LogP contribution in [0.1, 0.15) is 16.7 Å². The van der Waals surface area contributed by atoms with Gasteiger partial charge in [-0.1, -0.05) is 140 Å². The van der Waals surface area contributed by atoms with Gasteiger partial charge in [-0.3, -0.25) is 9.98 Å². The summed E-state index contributed by atoms with van der Waals surface area (Å²) in [7, 11) is 0. The molecule has 0 unspecified atom stereocenters. The predicted molar refractivity (Wildman–Crippen MR) is 265 cm³/mol. The molecule has 12 rings (SSSR count). The second-order valence-corrected chi connectivity index (χ2v) is 15.9. The first-order valence-corrected chi connectivity index (χ1v) is 21.3. The van der Waals surface area contributed by atoms with E-state index in [-0.39, 0.29) is 0 Å². The highest BCUT2D eigenvalue weighted by molar-refractivity contribution is 6.14. The van der Waals surface area contributed by atoms with Gasteiger partial charge in [0.05, 0.1) is 13.1 Å². The van der Waals surface area contributed by atoms with Crippen molar-refractivity contribution < 1.29 is 13.3 Å². The molecule has 0 amide bonds. The lowest BCUT2D eigenvalue weighted by Crippen LogP contribution is -2.13. The van der Waals surface area contributed by atoms with Crippen LogP contribution in [0.2, 0.25) is 0 Å². The number of furan rings is 3. The molecule has 6 heteroatoms. The van der Waals surface area contributed by atoms with Crippen molar-refractivity contribution in [1.82, 2.24) is 0 Å². The summed E-state index contributed by atoms with van der Waals surface area (Å²) in [4.78, 5) is 8.70. The molecule has 0 aliphatic rings. The third kappa shape index (κ3) is 7.17. The molecule has 0 bridgehead atoms. The lowest BCUT2D eigenvalue weighted by molar-refractivity contribution is 0.668. The summed E-state index contributed by atoms with van der Waals surface area (Å²) in [6.07, 6.45) is 0. The van der Waals surface area contributed by atoms with Crippen LogP contribution in [-0.2, 0) is 13.1 Å². The van der Waals surface area contributed by atoms with E-state index in [2.05, 4.69) is 126 Å². The fraction of sp³-hybridized carbons (Fsp3) is 0.0345. The molecular weight excluding hydrogens is 787 g/mol. The van der Waals surface area contributed by atoms with Gasteiger partial charge in [0.1, 0.15) is 39.3 Å². The van der Waals surface area contributed by atoms with Gasteiger partial charge >= 0.3 is 0 Å². The van der Waals surface area contributed by atoms with Crippen molar-refractivity contribution in [2.45, 2.75) is 13.1 Å². The lowest BCUT2D eigenvalue weighted by Gasteiger charge is -2.09. The molecule has 0 aliphatic heterocycles. The molecule has 12 aromatic rings. The number of fused-ring (bicyclic) bond motifs is 9. The first kappa shape index (κ1) is 38.4. The van der Waals surface area contributed by atoms with Gasteiger partial charge in [-0.05, 0) is 106 Å². The Hall–Kier alpha value is -8.48. The Balaban J connectivity index is 0.000000175. The number of para-hydroxylation sites is 2. The summed E-state index contributed by atoms with van der Waals surface area (Å²) >= 11 is 0. The second kappa shape index (κ2) is 16.4. The van der Waals surface area contributed by atoms with Crippen LogP contribution in [0.4, 0.5) is 0 Å². The van der Waals surface area contributed by atoms with E-state index in [0.717, 1.165) is 110 Å². The third-order valence-electron chi connectivity index (χ3n) is 11.9. The zero-order valence-corrected chi connectivity index (χ0v) is 34.9. The van der Waals surface area contributed by atoms with Crippen molar-refractivity contribution in [3.8, 4) is 33.4 Å². The summed E-state index contributed by atoms with van der Waals surface area (Å²) in [5, 5.41) is 6.54. The quantitative estimate of drug-likeness (QED) is 0.122. The van der Waals surface area contributed by atoms with E-state index < -0.39 is 0 Å². The van der Waals surface area contributed by atoms with Gasteiger partial charge in [0, 0.05) is 43.4 Å². The maximum Gasteiger partial charge on any atom is 0.143 e. The predicted octanol–water partition coefficient (Wildman–Crippen LogP) is 15.2. The van der Waals surface area contributed by atoms with E-state index in [0.29, 0.717) is 18.9 Å². The Morgan fingerprint density at radius 1 is 0.422 bits per heavy atom. The number of rotatable bonds is 8. The fourth-order valence-electron chi connectivity index (χ4n) is 8.77. The Morgan fingerprint density at radius 2 is 0.984 bits per heavy atom. The van der Waals surface area contributed by atoms with E-state index in [1.165, 1.54) is 5.56 Å². The number of nitrogens with zero attached hydrogens (tertiary/aromatic N) is 2. The normalized spacial score (nSPS) is 11.8. The van der Waals surface area contributed by atoms with Crippen molar-refractivity contribution in [3.63, 3.8) is 0 Å². The summed E-state index contributed by atoms with van der Waals surface area (Å²) in [5.41, 5.74) is 21.2. The fourth-order valence-corrected chi connectivity index (χ4v) is 8.77. The van der Waals surface area contributed by atoms with Crippen molar-refractivity contribution in [2.24, 2.45) is 15.7 Å². The van der Waals surface area contributed by atoms with Gasteiger partial charge in [0.15, 0.2) is 0 Å². The topological polar surface area (TPSA) is 90.2 Å².